The lowest BCUT2D eigenvalue weighted by molar-refractivity contribution is 0.517. The number of rotatable bonds is 5. The van der Waals surface area contributed by atoms with Gasteiger partial charge >= 0.3 is 0 Å². The summed E-state index contributed by atoms with van der Waals surface area (Å²) in [4.78, 5) is 3.76. The molecule has 1 atom stereocenters. The van der Waals surface area contributed by atoms with Crippen molar-refractivity contribution in [1.82, 2.24) is 0 Å². The highest BCUT2D eigenvalue weighted by atomic mass is 14.8. The third-order valence-electron chi connectivity index (χ3n) is 2.46. The molecule has 0 saturated heterocycles. The molecule has 0 aliphatic heterocycles. The molecule has 0 aromatic carbocycles. The van der Waals surface area contributed by atoms with Crippen LogP contribution in [0.3, 0.4) is 0 Å². The van der Waals surface area contributed by atoms with Crippen molar-refractivity contribution in [3.8, 4) is 0 Å². The highest BCUT2D eigenvalue weighted by Gasteiger charge is 2.27. The van der Waals surface area contributed by atoms with E-state index < -0.39 is 0 Å². The molecule has 0 bridgehead atoms. The smallest absolute Gasteiger partial charge is 0.233 e. The normalized spacial score (nSPS) is 13.6. The lowest BCUT2D eigenvalue weighted by Gasteiger charge is -2.14. The molecule has 0 spiro atoms. The van der Waals surface area contributed by atoms with Gasteiger partial charge in [0.2, 0.25) is 5.54 Å². The Kier molecular flexibility index (Phi) is 6.01. The molecule has 15 heavy (non-hydrogen) atoms. The Balaban J connectivity index is 4.27. The summed E-state index contributed by atoms with van der Waals surface area (Å²) in [5.41, 5.74) is 2.42. The monoisotopic (exact) mass is 205 g/mol. The SMILES string of the molecule is [C-]#[N+]C(C)(CC=C(C)C)CCC=C(C)C. The van der Waals surface area contributed by atoms with E-state index in [1.165, 1.54) is 11.1 Å². The van der Waals surface area contributed by atoms with Crippen LogP contribution in [-0.4, -0.2) is 5.54 Å². The number of hydrogen-bond donors (Lipinski definition) is 0. The van der Waals surface area contributed by atoms with Crippen LogP contribution < -0.4 is 0 Å². The van der Waals surface area contributed by atoms with Gasteiger partial charge in [0.1, 0.15) is 0 Å². The van der Waals surface area contributed by atoms with Crippen molar-refractivity contribution in [2.45, 2.75) is 59.4 Å². The van der Waals surface area contributed by atoms with Crippen LogP contribution in [0.25, 0.3) is 4.85 Å². The fourth-order valence-corrected chi connectivity index (χ4v) is 1.30. The summed E-state index contributed by atoms with van der Waals surface area (Å²) in [5, 5.41) is 0. The van der Waals surface area contributed by atoms with E-state index in [1.807, 2.05) is 0 Å². The molecule has 0 amide bonds. The Morgan fingerprint density at radius 2 is 1.67 bits per heavy atom. The van der Waals surface area contributed by atoms with Crippen LogP contribution in [0.4, 0.5) is 0 Å². The van der Waals surface area contributed by atoms with Gasteiger partial charge in [-0.1, -0.05) is 23.3 Å². The highest BCUT2D eigenvalue weighted by molar-refractivity contribution is 5.06. The minimum atomic E-state index is -0.219. The average molecular weight is 205 g/mol. The van der Waals surface area contributed by atoms with E-state index in [2.05, 4.69) is 51.6 Å². The van der Waals surface area contributed by atoms with Crippen molar-refractivity contribution < 1.29 is 0 Å². The zero-order valence-corrected chi connectivity index (χ0v) is 10.7. The number of allylic oxidation sites excluding steroid dienone is 3. The van der Waals surface area contributed by atoms with Crippen LogP contribution in [0.2, 0.25) is 0 Å². The molecule has 84 valence electrons. The summed E-state index contributed by atoms with van der Waals surface area (Å²) >= 11 is 0. The predicted molar refractivity (Wildman–Crippen MR) is 67.7 cm³/mol. The van der Waals surface area contributed by atoms with Crippen molar-refractivity contribution in [3.63, 3.8) is 0 Å². The van der Waals surface area contributed by atoms with E-state index in [-0.39, 0.29) is 5.54 Å². The molecule has 0 fully saturated rings. The summed E-state index contributed by atoms with van der Waals surface area (Å²) in [5.74, 6) is 0. The first-order valence-corrected chi connectivity index (χ1v) is 5.55. The van der Waals surface area contributed by atoms with Crippen LogP contribution in [0.1, 0.15) is 53.9 Å². The number of hydrogen-bond acceptors (Lipinski definition) is 0. The lowest BCUT2D eigenvalue weighted by atomic mass is 9.91. The van der Waals surface area contributed by atoms with Crippen LogP contribution in [-0.2, 0) is 0 Å². The van der Waals surface area contributed by atoms with Gasteiger partial charge in [-0.2, -0.15) is 0 Å². The van der Waals surface area contributed by atoms with Gasteiger partial charge in [-0.25, -0.2) is 6.57 Å². The second kappa shape index (κ2) is 6.45. The zero-order chi connectivity index (χ0) is 11.9. The van der Waals surface area contributed by atoms with Crippen molar-refractivity contribution in [2.75, 3.05) is 0 Å². The maximum atomic E-state index is 7.26. The molecule has 0 aromatic rings. The Morgan fingerprint density at radius 3 is 2.07 bits per heavy atom. The van der Waals surface area contributed by atoms with Gasteiger partial charge in [0, 0.05) is 19.8 Å². The summed E-state index contributed by atoms with van der Waals surface area (Å²) in [6.45, 7) is 17.7. The Labute approximate surface area is 94.7 Å². The van der Waals surface area contributed by atoms with Gasteiger partial charge in [0.05, 0.1) is 0 Å². The maximum Gasteiger partial charge on any atom is 0.233 e. The molecule has 0 saturated carbocycles. The molecular formula is C14H23N. The van der Waals surface area contributed by atoms with E-state index in [9.17, 15) is 0 Å². The largest absolute Gasteiger partial charge is 0.310 e. The highest BCUT2D eigenvalue weighted by Crippen LogP contribution is 2.24. The van der Waals surface area contributed by atoms with Gasteiger partial charge < -0.3 is 4.85 Å². The minimum absolute atomic E-state index is 0.219. The fourth-order valence-electron chi connectivity index (χ4n) is 1.30. The Bertz CT molecular complexity index is 283. The molecule has 0 aliphatic carbocycles. The molecular weight excluding hydrogens is 182 g/mol. The van der Waals surface area contributed by atoms with Crippen molar-refractivity contribution in [2.24, 2.45) is 0 Å². The first-order valence-electron chi connectivity index (χ1n) is 5.55. The van der Waals surface area contributed by atoms with E-state index in [4.69, 9.17) is 6.57 Å². The molecule has 1 unspecified atom stereocenters. The Morgan fingerprint density at radius 1 is 1.13 bits per heavy atom. The molecule has 1 nitrogen and oxygen atoms in total. The second-order valence-corrected chi connectivity index (χ2v) is 4.91. The molecule has 0 heterocycles. The van der Waals surface area contributed by atoms with E-state index in [1.54, 1.807) is 0 Å². The predicted octanol–water partition coefficient (Wildman–Crippen LogP) is 4.77. The lowest BCUT2D eigenvalue weighted by Crippen LogP contribution is -2.18. The zero-order valence-electron chi connectivity index (χ0n) is 10.7. The third kappa shape index (κ3) is 6.96. The Hall–Kier alpha value is -1.03. The van der Waals surface area contributed by atoms with Gasteiger partial charge in [-0.3, -0.25) is 0 Å². The standard InChI is InChI=1S/C14H23N/c1-12(2)8-7-10-14(5,15-6)11-9-13(3)4/h8-9H,7,10-11H2,1-5H3. The van der Waals surface area contributed by atoms with Crippen molar-refractivity contribution in [3.05, 3.63) is 34.7 Å². The van der Waals surface area contributed by atoms with Crippen LogP contribution in [0.5, 0.6) is 0 Å². The number of nitrogens with zero attached hydrogens (tertiary/aromatic N) is 1. The summed E-state index contributed by atoms with van der Waals surface area (Å²) in [6, 6.07) is 0. The second-order valence-electron chi connectivity index (χ2n) is 4.91. The molecule has 0 N–H and O–H groups in total. The van der Waals surface area contributed by atoms with Gasteiger partial charge in [-0.05, 0) is 34.1 Å². The summed E-state index contributed by atoms with van der Waals surface area (Å²) in [6.07, 6.45) is 7.21. The van der Waals surface area contributed by atoms with Crippen LogP contribution in [0.15, 0.2) is 23.3 Å². The topological polar surface area (TPSA) is 4.36 Å². The molecule has 1 heteroatoms. The maximum absolute atomic E-state index is 7.26. The average Bonchev–Trinajstić information content (AvgIpc) is 2.14. The van der Waals surface area contributed by atoms with Crippen molar-refractivity contribution >= 4 is 0 Å². The summed E-state index contributed by atoms with van der Waals surface area (Å²) in [7, 11) is 0. The van der Waals surface area contributed by atoms with Gasteiger partial charge in [0.25, 0.3) is 0 Å². The van der Waals surface area contributed by atoms with Crippen molar-refractivity contribution in [1.29, 1.82) is 0 Å². The fraction of sp³-hybridized carbons (Fsp3) is 0.643. The van der Waals surface area contributed by atoms with Crippen LogP contribution >= 0.6 is 0 Å². The first kappa shape index (κ1) is 14.0. The van der Waals surface area contributed by atoms with E-state index >= 15 is 0 Å². The quantitative estimate of drug-likeness (QED) is 0.450. The third-order valence-corrected chi connectivity index (χ3v) is 2.46. The van der Waals surface area contributed by atoms with Gasteiger partial charge in [-0.15, -0.1) is 0 Å². The molecule has 0 radical (unpaired) electrons. The van der Waals surface area contributed by atoms with Crippen LogP contribution in [0, 0.1) is 6.57 Å². The minimum Gasteiger partial charge on any atom is -0.310 e. The van der Waals surface area contributed by atoms with Gasteiger partial charge in [0.15, 0.2) is 0 Å². The molecule has 0 aliphatic rings. The first-order chi connectivity index (χ1) is 6.89. The molecule has 0 aromatic heterocycles. The van der Waals surface area contributed by atoms with E-state index in [0.717, 1.165) is 19.3 Å². The van der Waals surface area contributed by atoms with E-state index in [0.29, 0.717) is 0 Å². The molecule has 0 rings (SSSR count). The summed E-state index contributed by atoms with van der Waals surface area (Å²) < 4.78 is 0.